The van der Waals surface area contributed by atoms with E-state index in [0.717, 1.165) is 27.3 Å². The summed E-state index contributed by atoms with van der Waals surface area (Å²) in [6, 6.07) is 15.0. The minimum absolute atomic E-state index is 0.120. The summed E-state index contributed by atoms with van der Waals surface area (Å²) in [5.41, 5.74) is 2.01. The molecule has 30 heavy (non-hydrogen) atoms. The van der Waals surface area contributed by atoms with E-state index in [-0.39, 0.29) is 19.6 Å². The lowest BCUT2D eigenvalue weighted by molar-refractivity contribution is -0.133. The van der Waals surface area contributed by atoms with Crippen molar-refractivity contribution in [1.29, 1.82) is 0 Å². The number of nitrogens with one attached hydrogen (secondary N) is 1. The Labute approximate surface area is 177 Å². The molecule has 2 aromatic carbocycles. The normalized spacial score (nSPS) is 20.3. The first-order valence-electron chi connectivity index (χ1n) is 9.70. The van der Waals surface area contributed by atoms with Gasteiger partial charge in [-0.05, 0) is 38.0 Å². The highest BCUT2D eigenvalue weighted by atomic mass is 32.2. The van der Waals surface area contributed by atoms with Gasteiger partial charge in [0.25, 0.3) is 0 Å². The lowest BCUT2D eigenvalue weighted by Gasteiger charge is -2.47. The van der Waals surface area contributed by atoms with Crippen LogP contribution in [0.25, 0.3) is 0 Å². The summed E-state index contributed by atoms with van der Waals surface area (Å²) in [6.45, 7) is 5.30. The first-order valence-corrected chi connectivity index (χ1v) is 11.5. The fraction of sp³-hybridized carbons (Fsp3) is 0.364. The number of hydrogen-bond acceptors (Lipinski definition) is 4. The van der Waals surface area contributed by atoms with Gasteiger partial charge >= 0.3 is 0 Å². The molecule has 0 bridgehead atoms. The number of rotatable bonds is 5. The molecule has 2 aromatic rings. The van der Waals surface area contributed by atoms with Crippen molar-refractivity contribution in [2.75, 3.05) is 24.2 Å². The third-order valence-electron chi connectivity index (χ3n) is 5.39. The fourth-order valence-electron chi connectivity index (χ4n) is 3.80. The predicted octanol–water partition coefficient (Wildman–Crippen LogP) is 1.99. The summed E-state index contributed by atoms with van der Waals surface area (Å²) in [6.07, 6.45) is 1.05. The molecule has 3 rings (SSSR count). The largest absolute Gasteiger partial charge is 0.350 e. The Hall–Kier alpha value is -2.71. The molecule has 1 aliphatic rings. The maximum Gasteiger partial charge on any atom is 0.247 e. The van der Waals surface area contributed by atoms with Gasteiger partial charge in [-0.3, -0.25) is 14.5 Å². The molecule has 160 valence electrons. The molecule has 1 saturated heterocycles. The summed E-state index contributed by atoms with van der Waals surface area (Å²) in [7, 11) is -3.65. The lowest BCUT2D eigenvalue weighted by atomic mass is 9.93. The van der Waals surface area contributed by atoms with E-state index < -0.39 is 27.4 Å². The Morgan fingerprint density at radius 2 is 1.80 bits per heavy atom. The average molecular weight is 430 g/mol. The zero-order valence-corrected chi connectivity index (χ0v) is 18.5. The Balaban J connectivity index is 2.00. The van der Waals surface area contributed by atoms with E-state index in [1.54, 1.807) is 13.0 Å². The van der Waals surface area contributed by atoms with Gasteiger partial charge in [-0.15, -0.1) is 0 Å². The van der Waals surface area contributed by atoms with Crippen LogP contribution in [0.15, 0.2) is 48.5 Å². The van der Waals surface area contributed by atoms with Gasteiger partial charge in [0.1, 0.15) is 5.54 Å². The van der Waals surface area contributed by atoms with Crippen molar-refractivity contribution in [1.82, 2.24) is 9.62 Å². The van der Waals surface area contributed by atoms with Crippen molar-refractivity contribution in [3.05, 3.63) is 65.2 Å². The van der Waals surface area contributed by atoms with E-state index in [1.807, 2.05) is 56.3 Å². The predicted molar refractivity (Wildman–Crippen MR) is 117 cm³/mol. The molecular formula is C22H27N3O4S. The number of aryl methyl sites for hydroxylation is 2. The first-order chi connectivity index (χ1) is 14.0. The maximum absolute atomic E-state index is 13.3. The van der Waals surface area contributed by atoms with Gasteiger partial charge in [0.05, 0.1) is 12.8 Å². The molecular weight excluding hydrogens is 402 g/mol. The SMILES string of the molecule is Cc1ccc(N2C(=O)CN(S(C)(=O)=O)C[C@@]2(C)C(=O)NCc2ccccc2)c(C)c1. The molecule has 0 saturated carbocycles. The minimum atomic E-state index is -3.65. The molecule has 7 nitrogen and oxygen atoms in total. The third kappa shape index (κ3) is 4.39. The molecule has 1 fully saturated rings. The van der Waals surface area contributed by atoms with Crippen LogP contribution in [0, 0.1) is 13.8 Å². The Morgan fingerprint density at radius 3 is 2.40 bits per heavy atom. The van der Waals surface area contributed by atoms with Crippen LogP contribution in [0.3, 0.4) is 0 Å². The quantitative estimate of drug-likeness (QED) is 0.788. The minimum Gasteiger partial charge on any atom is -0.350 e. The maximum atomic E-state index is 13.3. The van der Waals surface area contributed by atoms with E-state index in [4.69, 9.17) is 0 Å². The molecule has 0 spiro atoms. The highest BCUT2D eigenvalue weighted by molar-refractivity contribution is 7.88. The molecule has 1 N–H and O–H groups in total. The monoisotopic (exact) mass is 429 g/mol. The van der Waals surface area contributed by atoms with E-state index in [1.165, 1.54) is 4.90 Å². The molecule has 8 heteroatoms. The standard InChI is InChI=1S/C22H27N3O4S/c1-16-10-11-19(17(2)12-16)25-20(26)14-24(30(4,28)29)15-22(25,3)21(27)23-13-18-8-6-5-7-9-18/h5-12H,13-15H2,1-4H3,(H,23,27)/t22-/m0/s1. The fourth-order valence-corrected chi connectivity index (χ4v) is 4.63. The average Bonchev–Trinajstić information content (AvgIpc) is 2.67. The highest BCUT2D eigenvalue weighted by Crippen LogP contribution is 2.33. The molecule has 0 unspecified atom stereocenters. The molecule has 0 aromatic heterocycles. The van der Waals surface area contributed by atoms with Crippen molar-refractivity contribution in [2.24, 2.45) is 0 Å². The van der Waals surface area contributed by atoms with E-state index >= 15 is 0 Å². The molecule has 0 aliphatic carbocycles. The number of sulfonamides is 1. The Bertz CT molecular complexity index is 1070. The van der Waals surface area contributed by atoms with Crippen molar-refractivity contribution in [3.63, 3.8) is 0 Å². The summed E-state index contributed by atoms with van der Waals surface area (Å²) in [4.78, 5) is 27.9. The van der Waals surface area contributed by atoms with Gasteiger partial charge in [0.15, 0.2) is 0 Å². The van der Waals surface area contributed by atoms with E-state index in [9.17, 15) is 18.0 Å². The number of nitrogens with zero attached hydrogens (tertiary/aromatic N) is 2. The second-order valence-corrected chi connectivity index (χ2v) is 9.97. The van der Waals surface area contributed by atoms with Crippen LogP contribution in [-0.4, -0.2) is 49.4 Å². The number of carbonyl (C=O) groups excluding carboxylic acids is 2. The zero-order valence-electron chi connectivity index (χ0n) is 17.7. The molecule has 0 radical (unpaired) electrons. The van der Waals surface area contributed by atoms with Crippen LogP contribution in [0.5, 0.6) is 0 Å². The van der Waals surface area contributed by atoms with Crippen LogP contribution in [0.4, 0.5) is 5.69 Å². The van der Waals surface area contributed by atoms with Crippen LogP contribution in [0.1, 0.15) is 23.6 Å². The number of hydrogen-bond donors (Lipinski definition) is 1. The van der Waals surface area contributed by atoms with E-state index in [2.05, 4.69) is 5.32 Å². The number of amides is 2. The Morgan fingerprint density at radius 1 is 1.13 bits per heavy atom. The van der Waals surface area contributed by atoms with Gasteiger partial charge in [-0.25, -0.2) is 8.42 Å². The third-order valence-corrected chi connectivity index (χ3v) is 6.58. The Kier molecular flexibility index (Phi) is 6.01. The number of carbonyl (C=O) groups is 2. The van der Waals surface area contributed by atoms with Crippen molar-refractivity contribution < 1.29 is 18.0 Å². The van der Waals surface area contributed by atoms with Crippen LogP contribution < -0.4 is 10.2 Å². The summed E-state index contributed by atoms with van der Waals surface area (Å²) in [5, 5.41) is 2.88. The van der Waals surface area contributed by atoms with Gasteiger partial charge in [0.2, 0.25) is 21.8 Å². The van der Waals surface area contributed by atoms with Gasteiger partial charge in [-0.2, -0.15) is 4.31 Å². The van der Waals surface area contributed by atoms with Crippen molar-refractivity contribution in [2.45, 2.75) is 32.9 Å². The van der Waals surface area contributed by atoms with Crippen LogP contribution >= 0.6 is 0 Å². The molecule has 2 amide bonds. The smallest absolute Gasteiger partial charge is 0.247 e. The number of piperazine rings is 1. The van der Waals surface area contributed by atoms with Crippen molar-refractivity contribution in [3.8, 4) is 0 Å². The molecule has 1 aliphatic heterocycles. The van der Waals surface area contributed by atoms with Gasteiger partial charge in [0, 0.05) is 18.8 Å². The number of benzene rings is 2. The van der Waals surface area contributed by atoms with Crippen molar-refractivity contribution >= 4 is 27.5 Å². The zero-order chi connectivity index (χ0) is 22.1. The van der Waals surface area contributed by atoms with Crippen LogP contribution in [0.2, 0.25) is 0 Å². The first kappa shape index (κ1) is 22.0. The number of anilines is 1. The van der Waals surface area contributed by atoms with Crippen LogP contribution in [-0.2, 0) is 26.2 Å². The lowest BCUT2D eigenvalue weighted by Crippen LogP contribution is -2.70. The second kappa shape index (κ2) is 8.20. The topological polar surface area (TPSA) is 86.8 Å². The summed E-state index contributed by atoms with van der Waals surface area (Å²) >= 11 is 0. The second-order valence-electron chi connectivity index (χ2n) is 7.99. The highest BCUT2D eigenvalue weighted by Gasteiger charge is 2.50. The summed E-state index contributed by atoms with van der Waals surface area (Å²) in [5.74, 6) is -0.844. The van der Waals surface area contributed by atoms with Gasteiger partial charge < -0.3 is 5.32 Å². The molecule has 1 heterocycles. The summed E-state index contributed by atoms with van der Waals surface area (Å²) < 4.78 is 25.5. The van der Waals surface area contributed by atoms with E-state index in [0.29, 0.717) is 5.69 Å². The molecule has 1 atom stereocenters. The van der Waals surface area contributed by atoms with Gasteiger partial charge in [-0.1, -0.05) is 48.0 Å².